The molecule has 0 heterocycles. The molecule has 0 saturated heterocycles. The van der Waals surface area contributed by atoms with E-state index in [1.165, 1.54) is 6.42 Å². The molecule has 2 bridgehead atoms. The van der Waals surface area contributed by atoms with Crippen LogP contribution in [0.15, 0.2) is 24.3 Å². The van der Waals surface area contributed by atoms with Gasteiger partial charge in [0.25, 0.3) is 0 Å². The summed E-state index contributed by atoms with van der Waals surface area (Å²) in [6, 6.07) is 6.95. The second kappa shape index (κ2) is 7.87. The molecule has 1 aromatic carbocycles. The van der Waals surface area contributed by atoms with Crippen molar-refractivity contribution in [3.05, 3.63) is 29.8 Å². The SMILES string of the molecule is CC(NCc1ccc(O)cc1)OC(=O)N(C[C]=O)C1CC2CCC1C2. The summed E-state index contributed by atoms with van der Waals surface area (Å²) in [5.41, 5.74) is 0.979. The molecule has 1 amide bonds. The molecule has 6 heteroatoms. The molecular weight excluding hydrogens is 320 g/mol. The average Bonchev–Trinajstić information content (AvgIpc) is 3.22. The van der Waals surface area contributed by atoms with Gasteiger partial charge >= 0.3 is 6.09 Å². The number of hydrogen-bond donors (Lipinski definition) is 2. The molecule has 135 valence electrons. The number of nitrogens with zero attached hydrogens (tertiary/aromatic N) is 1. The van der Waals surface area contributed by atoms with Gasteiger partial charge in [-0.15, -0.1) is 0 Å². The Morgan fingerprint density at radius 1 is 1.36 bits per heavy atom. The van der Waals surface area contributed by atoms with Crippen molar-refractivity contribution in [1.29, 1.82) is 0 Å². The predicted octanol–water partition coefficient (Wildman–Crippen LogP) is 2.56. The van der Waals surface area contributed by atoms with E-state index in [4.69, 9.17) is 4.74 Å². The molecule has 2 aliphatic rings. The summed E-state index contributed by atoms with van der Waals surface area (Å²) in [4.78, 5) is 25.0. The number of nitrogens with one attached hydrogen (secondary N) is 1. The van der Waals surface area contributed by atoms with Gasteiger partial charge in [-0.3, -0.25) is 15.0 Å². The second-order valence-corrected chi connectivity index (χ2v) is 7.09. The Morgan fingerprint density at radius 3 is 2.72 bits per heavy atom. The first-order valence-corrected chi connectivity index (χ1v) is 8.90. The van der Waals surface area contributed by atoms with Crippen LogP contribution in [0.2, 0.25) is 0 Å². The van der Waals surface area contributed by atoms with E-state index in [1.807, 2.05) is 6.29 Å². The Kier molecular flexibility index (Phi) is 5.58. The minimum absolute atomic E-state index is 0.0304. The highest BCUT2D eigenvalue weighted by Gasteiger charge is 2.44. The first-order valence-electron chi connectivity index (χ1n) is 8.90. The monoisotopic (exact) mass is 345 g/mol. The molecule has 4 unspecified atom stereocenters. The molecule has 0 aliphatic heterocycles. The maximum atomic E-state index is 12.5. The van der Waals surface area contributed by atoms with E-state index in [1.54, 1.807) is 36.1 Å². The van der Waals surface area contributed by atoms with Gasteiger partial charge in [0.05, 0.1) is 6.54 Å². The zero-order valence-corrected chi connectivity index (χ0v) is 14.5. The maximum absolute atomic E-state index is 12.5. The Labute approximate surface area is 148 Å². The minimum atomic E-state index is -0.478. The van der Waals surface area contributed by atoms with Crippen molar-refractivity contribution in [1.82, 2.24) is 10.2 Å². The van der Waals surface area contributed by atoms with Crippen LogP contribution >= 0.6 is 0 Å². The molecule has 1 aromatic rings. The largest absolute Gasteiger partial charge is 0.508 e. The fourth-order valence-corrected chi connectivity index (χ4v) is 4.12. The van der Waals surface area contributed by atoms with Crippen molar-refractivity contribution in [3.63, 3.8) is 0 Å². The van der Waals surface area contributed by atoms with Crippen LogP contribution in [0.4, 0.5) is 4.79 Å². The number of ether oxygens (including phenoxy) is 1. The summed E-state index contributed by atoms with van der Waals surface area (Å²) >= 11 is 0. The van der Waals surface area contributed by atoms with Crippen LogP contribution in [0.3, 0.4) is 0 Å². The topological polar surface area (TPSA) is 78.9 Å². The smallest absolute Gasteiger partial charge is 0.412 e. The van der Waals surface area contributed by atoms with E-state index in [0.717, 1.165) is 24.8 Å². The van der Waals surface area contributed by atoms with Gasteiger partial charge in [0, 0.05) is 12.6 Å². The number of hydrogen-bond acceptors (Lipinski definition) is 5. The molecule has 2 N–H and O–H groups in total. The predicted molar refractivity (Wildman–Crippen MR) is 92.5 cm³/mol. The summed E-state index contributed by atoms with van der Waals surface area (Å²) in [6.07, 6.45) is 5.41. The summed E-state index contributed by atoms with van der Waals surface area (Å²) in [6.45, 7) is 2.25. The average molecular weight is 345 g/mol. The molecular formula is C19H25N2O4. The van der Waals surface area contributed by atoms with E-state index in [-0.39, 0.29) is 18.3 Å². The van der Waals surface area contributed by atoms with Gasteiger partial charge < -0.3 is 9.84 Å². The van der Waals surface area contributed by atoms with Gasteiger partial charge in [-0.1, -0.05) is 18.6 Å². The van der Waals surface area contributed by atoms with Gasteiger partial charge in [-0.2, -0.15) is 0 Å². The standard InChI is InChI=1S/C19H25N2O4/c1-13(20-12-14-3-6-17(23)7-4-14)25-19(24)21(8-9-22)18-11-15-2-5-16(18)10-15/h3-4,6-7,13,15-16,18,20,23H,2,5,8,10-12H2,1H3. The number of phenolic OH excluding ortho intramolecular Hbond substituents is 1. The molecule has 2 saturated carbocycles. The summed E-state index contributed by atoms with van der Waals surface area (Å²) < 4.78 is 5.48. The second-order valence-electron chi connectivity index (χ2n) is 7.09. The van der Waals surface area contributed by atoms with Crippen LogP contribution in [-0.2, 0) is 16.1 Å². The molecule has 1 radical (unpaired) electrons. The maximum Gasteiger partial charge on any atom is 0.412 e. The number of fused-ring (bicyclic) bond motifs is 2. The van der Waals surface area contributed by atoms with Crippen LogP contribution < -0.4 is 5.32 Å². The first kappa shape index (κ1) is 17.7. The van der Waals surface area contributed by atoms with E-state index in [9.17, 15) is 14.7 Å². The fraction of sp³-hybridized carbons (Fsp3) is 0.579. The summed E-state index contributed by atoms with van der Waals surface area (Å²) in [5.74, 6) is 1.39. The molecule has 6 nitrogen and oxygen atoms in total. The fourth-order valence-electron chi connectivity index (χ4n) is 4.12. The highest BCUT2D eigenvalue weighted by Crippen LogP contribution is 2.46. The third kappa shape index (κ3) is 4.31. The minimum Gasteiger partial charge on any atom is -0.508 e. The van der Waals surface area contributed by atoms with Crippen LogP contribution in [0.25, 0.3) is 0 Å². The van der Waals surface area contributed by atoms with Crippen molar-refractivity contribution in [2.45, 2.75) is 51.4 Å². The van der Waals surface area contributed by atoms with E-state index < -0.39 is 12.3 Å². The van der Waals surface area contributed by atoms with Gasteiger partial charge in [-0.25, -0.2) is 4.79 Å². The molecule has 2 fully saturated rings. The number of phenols is 1. The lowest BCUT2D eigenvalue weighted by atomic mass is 9.94. The Hall–Kier alpha value is -2.08. The zero-order chi connectivity index (χ0) is 17.8. The lowest BCUT2D eigenvalue weighted by Gasteiger charge is -2.33. The number of carbonyl (C=O) groups excluding carboxylic acids is 2. The quantitative estimate of drug-likeness (QED) is 0.743. The molecule has 0 aromatic heterocycles. The summed E-state index contributed by atoms with van der Waals surface area (Å²) in [5, 5.41) is 12.4. The van der Waals surface area contributed by atoms with E-state index >= 15 is 0 Å². The van der Waals surface area contributed by atoms with Crippen LogP contribution in [0.1, 0.15) is 38.2 Å². The van der Waals surface area contributed by atoms with E-state index in [2.05, 4.69) is 5.32 Å². The van der Waals surface area contributed by atoms with E-state index in [0.29, 0.717) is 18.4 Å². The Balaban J connectivity index is 1.51. The molecule has 25 heavy (non-hydrogen) atoms. The van der Waals surface area contributed by atoms with Crippen molar-refractivity contribution in [2.24, 2.45) is 11.8 Å². The molecule has 0 spiro atoms. The molecule has 2 aliphatic carbocycles. The lowest BCUT2D eigenvalue weighted by Crippen LogP contribution is -2.46. The molecule has 3 rings (SSSR count). The van der Waals surface area contributed by atoms with Crippen molar-refractivity contribution < 1.29 is 19.4 Å². The number of aromatic hydroxyl groups is 1. The summed E-state index contributed by atoms with van der Waals surface area (Å²) in [7, 11) is 0. The van der Waals surface area contributed by atoms with Crippen molar-refractivity contribution >= 4 is 12.4 Å². The van der Waals surface area contributed by atoms with Crippen LogP contribution in [0, 0.1) is 11.8 Å². The normalized spacial score (nSPS) is 25.6. The van der Waals surface area contributed by atoms with Gasteiger partial charge in [-0.05, 0) is 55.7 Å². The number of rotatable bonds is 7. The highest BCUT2D eigenvalue weighted by molar-refractivity contribution is 5.72. The number of benzene rings is 1. The van der Waals surface area contributed by atoms with Crippen molar-refractivity contribution in [2.75, 3.05) is 6.54 Å². The third-order valence-electron chi connectivity index (χ3n) is 5.38. The Bertz CT molecular complexity index is 604. The van der Waals surface area contributed by atoms with Crippen molar-refractivity contribution in [3.8, 4) is 5.75 Å². The number of carbonyl (C=O) groups is 1. The zero-order valence-electron chi connectivity index (χ0n) is 14.5. The lowest BCUT2D eigenvalue weighted by molar-refractivity contribution is 0.0404. The van der Waals surface area contributed by atoms with Gasteiger partial charge in [0.2, 0.25) is 6.29 Å². The number of amides is 1. The first-order chi connectivity index (χ1) is 12.1. The third-order valence-corrected chi connectivity index (χ3v) is 5.38. The van der Waals surface area contributed by atoms with Crippen LogP contribution in [-0.4, -0.2) is 41.2 Å². The highest BCUT2D eigenvalue weighted by atomic mass is 16.6. The van der Waals surface area contributed by atoms with Gasteiger partial charge in [0.15, 0.2) is 6.23 Å². The molecule has 4 atom stereocenters. The Morgan fingerprint density at radius 2 is 2.12 bits per heavy atom. The van der Waals surface area contributed by atoms with Gasteiger partial charge in [0.1, 0.15) is 5.75 Å². The van der Waals surface area contributed by atoms with Crippen LogP contribution in [0.5, 0.6) is 5.75 Å².